The average Bonchev–Trinajstić information content (AvgIpc) is 3.22. The van der Waals surface area contributed by atoms with E-state index in [1.54, 1.807) is 35.8 Å². The first kappa shape index (κ1) is 17.9. The van der Waals surface area contributed by atoms with E-state index >= 15 is 0 Å². The van der Waals surface area contributed by atoms with Crippen molar-refractivity contribution in [3.05, 3.63) is 77.9 Å². The van der Waals surface area contributed by atoms with Crippen LogP contribution in [0.25, 0.3) is 10.4 Å². The van der Waals surface area contributed by atoms with Gasteiger partial charge in [0.05, 0.1) is 0 Å². The summed E-state index contributed by atoms with van der Waals surface area (Å²) in [5.41, 5.74) is 3.69. The monoisotopic (exact) mass is 400 g/mol. The Morgan fingerprint density at radius 3 is 2.30 bits per heavy atom. The van der Waals surface area contributed by atoms with Crippen molar-refractivity contribution in [1.82, 2.24) is 9.79 Å². The summed E-state index contributed by atoms with van der Waals surface area (Å²) in [6.45, 7) is 0.0774. The quantitative estimate of drug-likeness (QED) is 0.520. The predicted molar refractivity (Wildman–Crippen MR) is 102 cm³/mol. The van der Waals surface area contributed by atoms with Crippen molar-refractivity contribution in [2.24, 2.45) is 0 Å². The summed E-state index contributed by atoms with van der Waals surface area (Å²) < 4.78 is 27.6. The van der Waals surface area contributed by atoms with Crippen molar-refractivity contribution < 1.29 is 18.4 Å². The number of rotatable bonds is 4. The highest BCUT2D eigenvalue weighted by Crippen LogP contribution is 2.44. The summed E-state index contributed by atoms with van der Waals surface area (Å²) in [7, 11) is -3.86. The first-order chi connectivity index (χ1) is 13.0. The zero-order chi connectivity index (χ0) is 19.0. The number of hydroxylamine groups is 1. The number of thiophene rings is 1. The van der Waals surface area contributed by atoms with Gasteiger partial charge in [0, 0.05) is 11.4 Å². The molecule has 2 N–H and O–H groups in total. The van der Waals surface area contributed by atoms with Gasteiger partial charge in [-0.05, 0) is 22.8 Å². The van der Waals surface area contributed by atoms with Crippen molar-refractivity contribution in [2.75, 3.05) is 0 Å². The summed E-state index contributed by atoms with van der Waals surface area (Å²) in [6, 6.07) is 18.8. The van der Waals surface area contributed by atoms with Gasteiger partial charge in [-0.2, -0.15) is 4.31 Å². The zero-order valence-electron chi connectivity index (χ0n) is 14.1. The third-order valence-electron chi connectivity index (χ3n) is 4.46. The highest BCUT2D eigenvalue weighted by atomic mass is 32.2. The second-order valence-corrected chi connectivity index (χ2v) is 9.27. The Hall–Kier alpha value is -2.52. The molecule has 138 valence electrons. The summed E-state index contributed by atoms with van der Waals surface area (Å²) in [5.74, 6) is -0.789. The molecule has 0 fully saturated rings. The van der Waals surface area contributed by atoms with Crippen LogP contribution in [-0.4, -0.2) is 23.8 Å². The SMILES string of the molecule is O=C(NO)[C@@H](c1ccccc1)N1Cc2cc(-c3ccccc3)sc2S1(=O)=O. The molecule has 27 heavy (non-hydrogen) atoms. The van der Waals surface area contributed by atoms with Crippen molar-refractivity contribution in [1.29, 1.82) is 0 Å². The van der Waals surface area contributed by atoms with Gasteiger partial charge in [0.1, 0.15) is 10.3 Å². The summed E-state index contributed by atoms with van der Waals surface area (Å²) in [4.78, 5) is 13.2. The van der Waals surface area contributed by atoms with Crippen LogP contribution in [0.3, 0.4) is 0 Å². The van der Waals surface area contributed by atoms with Gasteiger partial charge < -0.3 is 0 Å². The number of nitrogens with zero attached hydrogens (tertiary/aromatic N) is 1. The van der Waals surface area contributed by atoms with Gasteiger partial charge in [-0.25, -0.2) is 13.9 Å². The largest absolute Gasteiger partial charge is 0.289 e. The highest BCUT2D eigenvalue weighted by Gasteiger charge is 2.44. The van der Waals surface area contributed by atoms with Crippen LogP contribution in [0.1, 0.15) is 17.2 Å². The molecule has 8 heteroatoms. The van der Waals surface area contributed by atoms with Crippen molar-refractivity contribution in [3.63, 3.8) is 0 Å². The number of benzene rings is 2. The van der Waals surface area contributed by atoms with Crippen LogP contribution in [0, 0.1) is 0 Å². The molecule has 3 aromatic rings. The molecule has 0 radical (unpaired) electrons. The Kier molecular flexibility index (Phi) is 4.56. The normalized spacial score (nSPS) is 16.6. The number of carbonyl (C=O) groups excluding carboxylic acids is 1. The smallest absolute Gasteiger partial charge is 0.266 e. The molecule has 1 aromatic heterocycles. The van der Waals surface area contributed by atoms with Crippen LogP contribution in [0.15, 0.2) is 70.9 Å². The Morgan fingerprint density at radius 2 is 1.70 bits per heavy atom. The third-order valence-corrected chi connectivity index (χ3v) is 8.05. The number of hydrogen-bond donors (Lipinski definition) is 2. The number of carbonyl (C=O) groups is 1. The van der Waals surface area contributed by atoms with E-state index in [1.807, 2.05) is 36.4 Å². The Labute approximate surface area is 160 Å². The molecule has 0 aliphatic carbocycles. The maximum absolute atomic E-state index is 13.1. The van der Waals surface area contributed by atoms with Crippen LogP contribution < -0.4 is 5.48 Å². The van der Waals surface area contributed by atoms with E-state index in [9.17, 15) is 13.2 Å². The van der Waals surface area contributed by atoms with Crippen LogP contribution in [-0.2, 0) is 21.4 Å². The summed E-state index contributed by atoms with van der Waals surface area (Å²) in [5, 5.41) is 9.14. The van der Waals surface area contributed by atoms with Crippen molar-refractivity contribution >= 4 is 27.3 Å². The molecule has 0 unspecified atom stereocenters. The van der Waals surface area contributed by atoms with E-state index in [0.29, 0.717) is 11.1 Å². The molecule has 1 aliphatic heterocycles. The molecule has 1 atom stereocenters. The van der Waals surface area contributed by atoms with E-state index in [1.165, 1.54) is 11.3 Å². The third kappa shape index (κ3) is 3.06. The van der Waals surface area contributed by atoms with Crippen LogP contribution >= 0.6 is 11.3 Å². The first-order valence-corrected chi connectivity index (χ1v) is 10.5. The number of fused-ring (bicyclic) bond motifs is 1. The Morgan fingerprint density at radius 1 is 1.07 bits per heavy atom. The molecule has 6 nitrogen and oxygen atoms in total. The topological polar surface area (TPSA) is 86.7 Å². The molecule has 2 heterocycles. The lowest BCUT2D eigenvalue weighted by molar-refractivity contribution is -0.133. The maximum Gasteiger partial charge on any atom is 0.266 e. The molecule has 2 aromatic carbocycles. The molecule has 1 amide bonds. The van der Waals surface area contributed by atoms with Crippen LogP contribution in [0.4, 0.5) is 0 Å². The van der Waals surface area contributed by atoms with E-state index in [-0.39, 0.29) is 10.8 Å². The summed E-state index contributed by atoms with van der Waals surface area (Å²) in [6.07, 6.45) is 0. The van der Waals surface area contributed by atoms with E-state index in [4.69, 9.17) is 5.21 Å². The number of hydrogen-bond acceptors (Lipinski definition) is 5. The minimum atomic E-state index is -3.86. The van der Waals surface area contributed by atoms with Gasteiger partial charge in [-0.1, -0.05) is 60.7 Å². The Balaban J connectivity index is 1.75. The van der Waals surface area contributed by atoms with Crippen LogP contribution in [0.2, 0.25) is 0 Å². The Bertz CT molecular complexity index is 1080. The van der Waals surface area contributed by atoms with Crippen molar-refractivity contribution in [3.8, 4) is 10.4 Å². The van der Waals surface area contributed by atoms with Gasteiger partial charge in [-0.3, -0.25) is 10.0 Å². The van der Waals surface area contributed by atoms with Crippen molar-refractivity contribution in [2.45, 2.75) is 16.8 Å². The summed E-state index contributed by atoms with van der Waals surface area (Å²) >= 11 is 1.19. The molecule has 0 bridgehead atoms. The van der Waals surface area contributed by atoms with Crippen LogP contribution in [0.5, 0.6) is 0 Å². The minimum absolute atomic E-state index is 0.0774. The number of amides is 1. The lowest BCUT2D eigenvalue weighted by Gasteiger charge is -2.25. The van der Waals surface area contributed by atoms with Gasteiger partial charge in [-0.15, -0.1) is 11.3 Å². The molecular formula is C19H16N2O4S2. The van der Waals surface area contributed by atoms with E-state index < -0.39 is 22.0 Å². The number of sulfonamides is 1. The predicted octanol–water partition coefficient (Wildman–Crippen LogP) is 3.17. The minimum Gasteiger partial charge on any atom is -0.289 e. The van der Waals surface area contributed by atoms with Gasteiger partial charge >= 0.3 is 0 Å². The standard InChI is InChI=1S/C19H16N2O4S2/c22-18(20-23)17(14-9-5-2-6-10-14)21-12-15-11-16(13-7-3-1-4-8-13)26-19(15)27(21,24)25/h1-11,17,23H,12H2,(H,20,22)/t17-/m1/s1. The lowest BCUT2D eigenvalue weighted by atomic mass is 10.1. The highest BCUT2D eigenvalue weighted by molar-refractivity contribution is 7.91. The lowest BCUT2D eigenvalue weighted by Crippen LogP contribution is -2.39. The molecular weight excluding hydrogens is 384 g/mol. The van der Waals surface area contributed by atoms with E-state index in [0.717, 1.165) is 14.7 Å². The molecule has 0 saturated carbocycles. The van der Waals surface area contributed by atoms with Gasteiger partial charge in [0.15, 0.2) is 0 Å². The second kappa shape index (κ2) is 6.90. The zero-order valence-corrected chi connectivity index (χ0v) is 15.7. The molecule has 4 rings (SSSR count). The maximum atomic E-state index is 13.1. The molecule has 0 saturated heterocycles. The second-order valence-electron chi connectivity index (χ2n) is 6.13. The average molecular weight is 400 g/mol. The molecule has 1 aliphatic rings. The first-order valence-electron chi connectivity index (χ1n) is 8.21. The van der Waals surface area contributed by atoms with Gasteiger partial charge in [0.25, 0.3) is 15.9 Å². The fourth-order valence-electron chi connectivity index (χ4n) is 3.22. The van der Waals surface area contributed by atoms with Gasteiger partial charge in [0.2, 0.25) is 0 Å². The number of nitrogens with one attached hydrogen (secondary N) is 1. The fraction of sp³-hybridized carbons (Fsp3) is 0.105. The fourth-order valence-corrected chi connectivity index (χ4v) is 6.58. The molecule has 0 spiro atoms. The van der Waals surface area contributed by atoms with E-state index in [2.05, 4.69) is 0 Å².